The highest BCUT2D eigenvalue weighted by Crippen LogP contribution is 2.41. The first-order chi connectivity index (χ1) is 15.8. The highest BCUT2D eigenvalue weighted by Gasteiger charge is 2.40. The predicted molar refractivity (Wildman–Crippen MR) is 129 cm³/mol. The molecule has 0 bridgehead atoms. The molecule has 0 aliphatic carbocycles. The van der Waals surface area contributed by atoms with Gasteiger partial charge in [-0.25, -0.2) is 8.42 Å². The highest BCUT2D eigenvalue weighted by atomic mass is 32.2. The number of benzene rings is 2. The average Bonchev–Trinajstić information content (AvgIpc) is 3.39. The van der Waals surface area contributed by atoms with Gasteiger partial charge in [0.05, 0.1) is 30.2 Å². The Morgan fingerprint density at radius 1 is 1.15 bits per heavy atom. The van der Waals surface area contributed by atoms with Crippen LogP contribution in [0.2, 0.25) is 0 Å². The number of hydrogen-bond donors (Lipinski definition) is 1. The van der Waals surface area contributed by atoms with E-state index in [0.717, 1.165) is 30.5 Å². The molecule has 2 aromatic rings. The fraction of sp³-hybridized carbons (Fsp3) is 0.480. The third kappa shape index (κ3) is 4.34. The molecular formula is C25H33N3O4S. The van der Waals surface area contributed by atoms with E-state index in [1.54, 1.807) is 32.2 Å². The summed E-state index contributed by atoms with van der Waals surface area (Å²) in [6.07, 6.45) is 3.26. The van der Waals surface area contributed by atoms with Gasteiger partial charge in [0.1, 0.15) is 5.75 Å². The molecular weight excluding hydrogens is 438 g/mol. The second-order valence-corrected chi connectivity index (χ2v) is 10.9. The molecule has 178 valence electrons. The van der Waals surface area contributed by atoms with Crippen molar-refractivity contribution in [1.29, 1.82) is 0 Å². The summed E-state index contributed by atoms with van der Waals surface area (Å²) in [7, 11) is -0.153. The molecule has 1 amide bonds. The van der Waals surface area contributed by atoms with E-state index in [1.165, 1.54) is 10.7 Å². The van der Waals surface area contributed by atoms with Crippen molar-refractivity contribution in [3.8, 4) is 5.75 Å². The SMILES string of the molecule is COc1ccc(S(=O)(=O)N2C[C@@H](C(=O)NCC[C@@H]3CCCN3C)c3ccccc32)c(C)c1C. The summed E-state index contributed by atoms with van der Waals surface area (Å²) in [5, 5.41) is 3.06. The Balaban J connectivity index is 1.56. The van der Waals surface area contributed by atoms with Gasteiger partial charge in [-0.3, -0.25) is 9.10 Å². The Kier molecular flexibility index (Phi) is 6.68. The largest absolute Gasteiger partial charge is 0.496 e. The minimum absolute atomic E-state index is 0.0986. The molecule has 1 saturated heterocycles. The Bertz CT molecular complexity index is 1150. The van der Waals surface area contributed by atoms with Crippen molar-refractivity contribution in [1.82, 2.24) is 10.2 Å². The molecule has 0 unspecified atom stereocenters. The van der Waals surface area contributed by atoms with E-state index < -0.39 is 15.9 Å². The third-order valence-corrected chi connectivity index (χ3v) is 9.09. The zero-order chi connectivity index (χ0) is 23.8. The number of fused-ring (bicyclic) bond motifs is 1. The minimum Gasteiger partial charge on any atom is -0.496 e. The highest BCUT2D eigenvalue weighted by molar-refractivity contribution is 7.93. The minimum atomic E-state index is -3.85. The molecule has 2 atom stereocenters. The zero-order valence-corrected chi connectivity index (χ0v) is 20.6. The lowest BCUT2D eigenvalue weighted by atomic mass is 10.0. The number of hydrogen-bond acceptors (Lipinski definition) is 5. The van der Waals surface area contributed by atoms with Gasteiger partial charge in [0.2, 0.25) is 5.91 Å². The van der Waals surface area contributed by atoms with Crippen molar-refractivity contribution in [2.45, 2.75) is 50.0 Å². The van der Waals surface area contributed by atoms with Crippen molar-refractivity contribution in [2.24, 2.45) is 0 Å². The number of sulfonamides is 1. The fourth-order valence-electron chi connectivity index (χ4n) is 5.04. The Morgan fingerprint density at radius 2 is 1.91 bits per heavy atom. The van der Waals surface area contributed by atoms with Crippen LogP contribution in [-0.2, 0) is 14.8 Å². The van der Waals surface area contributed by atoms with E-state index in [0.29, 0.717) is 29.6 Å². The number of ether oxygens (including phenoxy) is 1. The molecule has 2 heterocycles. The van der Waals surface area contributed by atoms with Gasteiger partial charge in [0.25, 0.3) is 10.0 Å². The normalized spacial score (nSPS) is 20.7. The van der Waals surface area contributed by atoms with Crippen molar-refractivity contribution >= 4 is 21.6 Å². The molecule has 2 aliphatic rings. The number of carbonyl (C=O) groups is 1. The summed E-state index contributed by atoms with van der Waals surface area (Å²) in [5.41, 5.74) is 2.76. The van der Waals surface area contributed by atoms with Gasteiger partial charge < -0.3 is 15.0 Å². The van der Waals surface area contributed by atoms with E-state index in [9.17, 15) is 13.2 Å². The smallest absolute Gasteiger partial charge is 0.264 e. The molecule has 33 heavy (non-hydrogen) atoms. The molecule has 2 aliphatic heterocycles. The van der Waals surface area contributed by atoms with E-state index in [2.05, 4.69) is 17.3 Å². The Hall–Kier alpha value is -2.58. The van der Waals surface area contributed by atoms with Crippen LogP contribution in [0.3, 0.4) is 0 Å². The first-order valence-corrected chi connectivity index (χ1v) is 12.9. The van der Waals surface area contributed by atoms with E-state index in [4.69, 9.17) is 4.74 Å². The number of para-hydroxylation sites is 1. The van der Waals surface area contributed by atoms with Crippen LogP contribution >= 0.6 is 0 Å². The standard InChI is InChI=1S/C25H33N3O4S/c1-17-18(2)24(12-11-23(17)32-4)33(30,31)28-16-21(20-9-5-6-10-22(20)28)25(29)26-14-13-19-8-7-15-27(19)3/h5-6,9-12,19,21H,7-8,13-16H2,1-4H3,(H,26,29)/t19-,21+/m0/s1. The van der Waals surface area contributed by atoms with Crippen LogP contribution in [0.4, 0.5) is 5.69 Å². The maximum atomic E-state index is 13.7. The summed E-state index contributed by atoms with van der Waals surface area (Å²) < 4.78 is 34.1. The number of methoxy groups -OCH3 is 1. The molecule has 1 fully saturated rings. The molecule has 4 rings (SSSR count). The topological polar surface area (TPSA) is 79.0 Å². The van der Waals surface area contributed by atoms with Crippen molar-refractivity contribution in [3.63, 3.8) is 0 Å². The van der Waals surface area contributed by atoms with Gasteiger partial charge in [-0.1, -0.05) is 18.2 Å². The van der Waals surface area contributed by atoms with Gasteiger partial charge in [-0.2, -0.15) is 0 Å². The lowest BCUT2D eigenvalue weighted by Crippen LogP contribution is -2.37. The van der Waals surface area contributed by atoms with E-state index in [1.807, 2.05) is 25.1 Å². The van der Waals surface area contributed by atoms with Crippen LogP contribution in [0, 0.1) is 13.8 Å². The van der Waals surface area contributed by atoms with Gasteiger partial charge >= 0.3 is 0 Å². The molecule has 2 aromatic carbocycles. The number of amides is 1. The quantitative estimate of drug-likeness (QED) is 0.671. The van der Waals surface area contributed by atoms with Crippen LogP contribution in [-0.4, -0.2) is 59.1 Å². The summed E-state index contributed by atoms with van der Waals surface area (Å²) in [5.74, 6) is -0.00111. The molecule has 1 N–H and O–H groups in total. The molecule has 0 saturated carbocycles. The molecule has 8 heteroatoms. The average molecular weight is 472 g/mol. The monoisotopic (exact) mass is 471 g/mol. The molecule has 0 aromatic heterocycles. The number of nitrogens with one attached hydrogen (secondary N) is 1. The van der Waals surface area contributed by atoms with Gasteiger partial charge in [0.15, 0.2) is 0 Å². The lowest BCUT2D eigenvalue weighted by molar-refractivity contribution is -0.122. The first-order valence-electron chi connectivity index (χ1n) is 11.5. The van der Waals surface area contributed by atoms with Crippen LogP contribution in [0.25, 0.3) is 0 Å². The van der Waals surface area contributed by atoms with Gasteiger partial charge in [0, 0.05) is 12.6 Å². The third-order valence-electron chi connectivity index (χ3n) is 7.17. The first kappa shape index (κ1) is 23.6. The van der Waals surface area contributed by atoms with Crippen molar-refractivity contribution in [2.75, 3.05) is 38.1 Å². The predicted octanol–water partition coefficient (Wildman–Crippen LogP) is 3.21. The number of likely N-dealkylation sites (tertiary alicyclic amines) is 1. The second kappa shape index (κ2) is 9.35. The Labute approximate surface area is 196 Å². The van der Waals surface area contributed by atoms with E-state index >= 15 is 0 Å². The molecule has 0 spiro atoms. The number of nitrogens with zero attached hydrogens (tertiary/aromatic N) is 2. The number of carbonyl (C=O) groups excluding carboxylic acids is 1. The summed E-state index contributed by atoms with van der Waals surface area (Å²) >= 11 is 0. The molecule has 0 radical (unpaired) electrons. The maximum absolute atomic E-state index is 13.7. The van der Waals surface area contributed by atoms with Crippen LogP contribution < -0.4 is 14.4 Å². The van der Waals surface area contributed by atoms with Gasteiger partial charge in [-0.15, -0.1) is 0 Å². The summed E-state index contributed by atoms with van der Waals surface area (Å²) in [6, 6.07) is 11.1. The van der Waals surface area contributed by atoms with Crippen molar-refractivity contribution < 1.29 is 17.9 Å². The van der Waals surface area contributed by atoms with Gasteiger partial charge in [-0.05, 0) is 81.6 Å². The maximum Gasteiger partial charge on any atom is 0.264 e. The van der Waals surface area contributed by atoms with Crippen LogP contribution in [0.1, 0.15) is 41.9 Å². The number of rotatable bonds is 7. The van der Waals surface area contributed by atoms with Crippen molar-refractivity contribution in [3.05, 3.63) is 53.1 Å². The lowest BCUT2D eigenvalue weighted by Gasteiger charge is -2.22. The Morgan fingerprint density at radius 3 is 2.61 bits per heavy atom. The summed E-state index contributed by atoms with van der Waals surface area (Å²) in [4.78, 5) is 15.7. The number of anilines is 1. The zero-order valence-electron chi connectivity index (χ0n) is 19.8. The second-order valence-electron chi connectivity index (χ2n) is 9.02. The van der Waals surface area contributed by atoms with Crippen LogP contribution in [0.5, 0.6) is 5.75 Å². The fourth-order valence-corrected chi connectivity index (χ4v) is 6.83. The van der Waals surface area contributed by atoms with E-state index in [-0.39, 0.29) is 17.3 Å². The van der Waals surface area contributed by atoms with Crippen LogP contribution in [0.15, 0.2) is 41.3 Å². The molecule has 7 nitrogen and oxygen atoms in total. The summed E-state index contributed by atoms with van der Waals surface area (Å²) in [6.45, 7) is 5.43.